The van der Waals surface area contributed by atoms with Crippen molar-refractivity contribution in [3.05, 3.63) is 12.2 Å². The molecule has 0 radical (unpaired) electrons. The van der Waals surface area contributed by atoms with Gasteiger partial charge >= 0.3 is 5.97 Å². The summed E-state index contributed by atoms with van der Waals surface area (Å²) in [5, 5.41) is 0. The van der Waals surface area contributed by atoms with Gasteiger partial charge in [0.25, 0.3) is 0 Å². The summed E-state index contributed by atoms with van der Waals surface area (Å²) in [4.78, 5) is 11.8. The molecule has 0 aromatic heterocycles. The molecule has 3 rings (SSSR count). The number of unbranched alkanes of at least 4 members (excludes halogenated alkanes) is 1. The van der Waals surface area contributed by atoms with Crippen LogP contribution >= 0.6 is 0 Å². The van der Waals surface area contributed by atoms with Crippen molar-refractivity contribution >= 4 is 5.97 Å². The molecule has 0 aromatic rings. The molecule has 0 unspecified atom stereocenters. The van der Waals surface area contributed by atoms with E-state index in [9.17, 15) is 4.79 Å². The Labute approximate surface area is 90.7 Å². The summed E-state index contributed by atoms with van der Waals surface area (Å²) in [7, 11) is 0. The van der Waals surface area contributed by atoms with Crippen molar-refractivity contribution in [2.24, 2.45) is 23.7 Å². The third-order valence-electron chi connectivity index (χ3n) is 4.33. The normalized spacial score (nSPS) is 45.9. The van der Waals surface area contributed by atoms with Crippen LogP contribution < -0.4 is 0 Å². The summed E-state index contributed by atoms with van der Waals surface area (Å²) in [6.07, 6.45) is 9.41. The summed E-state index contributed by atoms with van der Waals surface area (Å²) < 4.78 is 5.53. The Morgan fingerprint density at radius 1 is 1.40 bits per heavy atom. The summed E-state index contributed by atoms with van der Waals surface area (Å²) in [5.41, 5.74) is 0. The third kappa shape index (κ3) is 1.27. The molecule has 2 nitrogen and oxygen atoms in total. The molecule has 82 valence electrons. The van der Waals surface area contributed by atoms with Gasteiger partial charge in [0.1, 0.15) is 6.10 Å². The van der Waals surface area contributed by atoms with Crippen LogP contribution in [0.5, 0.6) is 0 Å². The SMILES string of the molecule is CCCC[C@@H]1OC(=O)[C@@H]2[C@H]1[C@@H]1C=C[C@H]2C1. The van der Waals surface area contributed by atoms with Crippen LogP contribution in [0.25, 0.3) is 0 Å². The molecule has 3 aliphatic rings. The highest BCUT2D eigenvalue weighted by Crippen LogP contribution is 2.54. The number of ether oxygens (including phenoxy) is 1. The van der Waals surface area contributed by atoms with Gasteiger partial charge in [-0.3, -0.25) is 4.79 Å². The van der Waals surface area contributed by atoms with Gasteiger partial charge in [0.2, 0.25) is 0 Å². The van der Waals surface area contributed by atoms with Gasteiger partial charge in [-0.1, -0.05) is 31.9 Å². The Morgan fingerprint density at radius 3 is 3.00 bits per heavy atom. The zero-order valence-corrected chi connectivity index (χ0v) is 9.19. The van der Waals surface area contributed by atoms with Crippen molar-refractivity contribution < 1.29 is 9.53 Å². The molecule has 2 bridgehead atoms. The van der Waals surface area contributed by atoms with E-state index in [1.54, 1.807) is 0 Å². The Hall–Kier alpha value is -0.790. The highest BCUT2D eigenvalue weighted by Gasteiger charge is 2.57. The fourth-order valence-electron chi connectivity index (χ4n) is 3.66. The molecule has 1 saturated heterocycles. The van der Waals surface area contributed by atoms with E-state index in [-0.39, 0.29) is 18.0 Å². The average molecular weight is 206 g/mol. The lowest BCUT2D eigenvalue weighted by atomic mass is 9.80. The molecule has 0 N–H and O–H groups in total. The topological polar surface area (TPSA) is 26.3 Å². The first kappa shape index (κ1) is 9.44. The summed E-state index contributed by atoms with van der Waals surface area (Å²) in [5.74, 6) is 1.94. The lowest BCUT2D eigenvalue weighted by Crippen LogP contribution is -2.24. The van der Waals surface area contributed by atoms with Gasteiger partial charge in [0.15, 0.2) is 0 Å². The maximum absolute atomic E-state index is 11.8. The predicted molar refractivity (Wildman–Crippen MR) is 57.1 cm³/mol. The minimum atomic E-state index is 0.0814. The number of carbonyl (C=O) groups excluding carboxylic acids is 1. The molecule has 15 heavy (non-hydrogen) atoms. The summed E-state index contributed by atoms with van der Waals surface area (Å²) in [6.45, 7) is 2.19. The van der Waals surface area contributed by atoms with Crippen LogP contribution in [0.4, 0.5) is 0 Å². The Balaban J connectivity index is 1.78. The van der Waals surface area contributed by atoms with E-state index >= 15 is 0 Å². The second-order valence-electron chi connectivity index (χ2n) is 5.17. The molecular weight excluding hydrogens is 188 g/mol. The van der Waals surface area contributed by atoms with Gasteiger partial charge in [-0.05, 0) is 24.7 Å². The van der Waals surface area contributed by atoms with Crippen LogP contribution in [-0.4, -0.2) is 12.1 Å². The van der Waals surface area contributed by atoms with Gasteiger partial charge in [0.05, 0.1) is 5.92 Å². The first-order valence-electron chi connectivity index (χ1n) is 6.20. The number of rotatable bonds is 3. The molecule has 2 fully saturated rings. The van der Waals surface area contributed by atoms with Gasteiger partial charge in [0, 0.05) is 5.92 Å². The number of hydrogen-bond donors (Lipinski definition) is 0. The van der Waals surface area contributed by atoms with E-state index in [0.29, 0.717) is 17.8 Å². The number of hydrogen-bond acceptors (Lipinski definition) is 2. The van der Waals surface area contributed by atoms with Gasteiger partial charge in [-0.15, -0.1) is 0 Å². The first-order chi connectivity index (χ1) is 7.31. The van der Waals surface area contributed by atoms with Crippen LogP contribution in [0.15, 0.2) is 12.2 Å². The van der Waals surface area contributed by atoms with Crippen molar-refractivity contribution in [3.8, 4) is 0 Å². The zero-order chi connectivity index (χ0) is 10.4. The average Bonchev–Trinajstić information content (AvgIpc) is 2.88. The molecule has 0 amide bonds. The molecule has 0 aromatic carbocycles. The van der Waals surface area contributed by atoms with Crippen LogP contribution in [0.2, 0.25) is 0 Å². The quantitative estimate of drug-likeness (QED) is 0.524. The van der Waals surface area contributed by atoms with Crippen molar-refractivity contribution in [3.63, 3.8) is 0 Å². The molecule has 1 saturated carbocycles. The van der Waals surface area contributed by atoms with E-state index in [1.165, 1.54) is 19.3 Å². The van der Waals surface area contributed by atoms with Crippen molar-refractivity contribution in [2.75, 3.05) is 0 Å². The molecule has 2 aliphatic carbocycles. The molecule has 2 heteroatoms. The fraction of sp³-hybridized carbons (Fsp3) is 0.769. The summed E-state index contributed by atoms with van der Waals surface area (Å²) >= 11 is 0. The largest absolute Gasteiger partial charge is 0.462 e. The zero-order valence-electron chi connectivity index (χ0n) is 9.19. The smallest absolute Gasteiger partial charge is 0.310 e. The monoisotopic (exact) mass is 206 g/mol. The number of carbonyl (C=O) groups is 1. The predicted octanol–water partition coefficient (Wildman–Crippen LogP) is 2.54. The van der Waals surface area contributed by atoms with E-state index in [1.807, 2.05) is 0 Å². The lowest BCUT2D eigenvalue weighted by Gasteiger charge is -2.21. The molecule has 1 heterocycles. The van der Waals surface area contributed by atoms with Crippen molar-refractivity contribution in [1.82, 2.24) is 0 Å². The fourth-order valence-corrected chi connectivity index (χ4v) is 3.66. The second-order valence-corrected chi connectivity index (χ2v) is 5.17. The highest BCUT2D eigenvalue weighted by atomic mass is 16.6. The summed E-state index contributed by atoms with van der Waals surface area (Å²) in [6, 6.07) is 0. The molecule has 5 atom stereocenters. The van der Waals surface area contributed by atoms with Crippen LogP contribution in [0, 0.1) is 23.7 Å². The molecular formula is C13H18O2. The number of esters is 1. The minimum Gasteiger partial charge on any atom is -0.462 e. The maximum atomic E-state index is 11.8. The number of cyclic esters (lactones) is 1. The van der Waals surface area contributed by atoms with Crippen LogP contribution in [-0.2, 0) is 9.53 Å². The van der Waals surface area contributed by atoms with Gasteiger partial charge in [-0.2, -0.15) is 0 Å². The molecule has 1 aliphatic heterocycles. The highest BCUT2D eigenvalue weighted by molar-refractivity contribution is 5.77. The van der Waals surface area contributed by atoms with E-state index in [2.05, 4.69) is 19.1 Å². The second kappa shape index (κ2) is 3.36. The number of fused-ring (bicyclic) bond motifs is 5. The standard InChI is InChI=1S/C13H18O2/c1-2-3-4-10-11-8-5-6-9(7-8)12(11)13(14)15-10/h5-6,8-12H,2-4,7H2,1H3/t8-,9+,10+,11+,12+/m1/s1. The Morgan fingerprint density at radius 2 is 2.20 bits per heavy atom. The first-order valence-corrected chi connectivity index (χ1v) is 6.20. The lowest BCUT2D eigenvalue weighted by molar-refractivity contribution is -0.145. The Bertz CT molecular complexity index is 308. The van der Waals surface area contributed by atoms with Gasteiger partial charge in [-0.25, -0.2) is 0 Å². The maximum Gasteiger partial charge on any atom is 0.310 e. The van der Waals surface area contributed by atoms with Crippen molar-refractivity contribution in [1.29, 1.82) is 0 Å². The van der Waals surface area contributed by atoms with E-state index in [0.717, 1.165) is 6.42 Å². The number of allylic oxidation sites excluding steroid dienone is 2. The third-order valence-corrected chi connectivity index (χ3v) is 4.33. The van der Waals surface area contributed by atoms with Crippen LogP contribution in [0.1, 0.15) is 32.6 Å². The van der Waals surface area contributed by atoms with E-state index < -0.39 is 0 Å². The van der Waals surface area contributed by atoms with E-state index in [4.69, 9.17) is 4.74 Å². The van der Waals surface area contributed by atoms with Crippen molar-refractivity contribution in [2.45, 2.75) is 38.7 Å². The molecule has 0 spiro atoms. The van der Waals surface area contributed by atoms with Crippen LogP contribution in [0.3, 0.4) is 0 Å². The Kier molecular flexibility index (Phi) is 2.11. The van der Waals surface area contributed by atoms with Gasteiger partial charge < -0.3 is 4.74 Å². The minimum absolute atomic E-state index is 0.0814.